The minimum atomic E-state index is -0.536. The van der Waals surface area contributed by atoms with Crippen molar-refractivity contribution >= 4 is 39.3 Å². The lowest BCUT2D eigenvalue weighted by Crippen LogP contribution is -2.05. The highest BCUT2D eigenvalue weighted by atomic mass is 35.5. The molecule has 0 saturated heterocycles. The number of carbonyl (C=O) groups is 1. The first kappa shape index (κ1) is 16.7. The second kappa shape index (κ2) is 6.80. The largest absolute Gasteiger partial charge is 0.491 e. The highest BCUT2D eigenvalue weighted by Crippen LogP contribution is 2.30. The Hall–Kier alpha value is -2.10. The number of benzene rings is 2. The lowest BCUT2D eigenvalue weighted by atomic mass is 10.0. The summed E-state index contributed by atoms with van der Waals surface area (Å²) in [5, 5.41) is 0.588. The minimum absolute atomic E-state index is 0.105. The molecule has 0 unspecified atom stereocenters. The summed E-state index contributed by atoms with van der Waals surface area (Å²) in [6.45, 7) is 3.94. The lowest BCUT2D eigenvalue weighted by molar-refractivity contribution is 0.108. The van der Waals surface area contributed by atoms with E-state index in [0.29, 0.717) is 27.2 Å². The van der Waals surface area contributed by atoms with Gasteiger partial charge >= 0.3 is 0 Å². The molecule has 0 amide bonds. The summed E-state index contributed by atoms with van der Waals surface area (Å²) in [5.74, 6) is 0.779. The molecule has 0 aliphatic rings. The zero-order chi connectivity index (χ0) is 17.3. The molecule has 0 spiro atoms. The van der Waals surface area contributed by atoms with Crippen molar-refractivity contribution in [1.82, 2.24) is 4.98 Å². The van der Waals surface area contributed by atoms with Crippen LogP contribution in [0, 0.1) is 0 Å². The van der Waals surface area contributed by atoms with E-state index in [-0.39, 0.29) is 6.10 Å². The number of para-hydroxylation sites is 1. The molecule has 1 heterocycles. The maximum atomic E-state index is 11.8. The van der Waals surface area contributed by atoms with E-state index in [4.69, 9.17) is 27.9 Å². The van der Waals surface area contributed by atoms with E-state index in [2.05, 4.69) is 4.98 Å². The van der Waals surface area contributed by atoms with Gasteiger partial charge in [-0.05, 0) is 61.8 Å². The molecule has 0 bridgehead atoms. The maximum absolute atomic E-state index is 11.8. The average Bonchev–Trinajstić information content (AvgIpc) is 2.54. The normalized spacial score (nSPS) is 11.0. The van der Waals surface area contributed by atoms with Crippen LogP contribution in [0.3, 0.4) is 0 Å². The summed E-state index contributed by atoms with van der Waals surface area (Å²) < 4.78 is 5.64. The second-order valence-electron chi connectivity index (χ2n) is 5.66. The number of aromatic nitrogens is 1. The predicted octanol–water partition coefficient (Wildman–Crippen LogP) is 5.72. The van der Waals surface area contributed by atoms with Crippen LogP contribution in [0.4, 0.5) is 0 Å². The molecule has 5 heteroatoms. The van der Waals surface area contributed by atoms with Gasteiger partial charge < -0.3 is 4.74 Å². The van der Waals surface area contributed by atoms with Gasteiger partial charge in [0.2, 0.25) is 0 Å². The first-order chi connectivity index (χ1) is 11.5. The third kappa shape index (κ3) is 3.37. The fourth-order valence-electron chi connectivity index (χ4n) is 2.50. The fraction of sp³-hybridized carbons (Fsp3) is 0.158. The highest BCUT2D eigenvalue weighted by molar-refractivity contribution is 6.68. The number of nitrogens with zero attached hydrogens (tertiary/aromatic N) is 1. The monoisotopic (exact) mass is 359 g/mol. The minimum Gasteiger partial charge on any atom is -0.491 e. The molecule has 0 aliphatic carbocycles. The second-order valence-corrected chi connectivity index (χ2v) is 6.41. The molecule has 0 fully saturated rings. The van der Waals surface area contributed by atoms with Gasteiger partial charge in [-0.15, -0.1) is 0 Å². The molecule has 24 heavy (non-hydrogen) atoms. The SMILES string of the molecule is CC(C)Oc1ccc(-c2cc(C(=O)Cl)c3cccc(Cl)c3n2)cc1. The molecule has 122 valence electrons. The van der Waals surface area contributed by atoms with Crippen LogP contribution >= 0.6 is 23.2 Å². The molecule has 0 aliphatic heterocycles. The van der Waals surface area contributed by atoms with Crippen LogP contribution in [0.1, 0.15) is 24.2 Å². The Balaban J connectivity index is 2.12. The summed E-state index contributed by atoms with van der Waals surface area (Å²) in [5.41, 5.74) is 2.44. The summed E-state index contributed by atoms with van der Waals surface area (Å²) in [4.78, 5) is 16.4. The van der Waals surface area contributed by atoms with E-state index in [9.17, 15) is 4.79 Å². The van der Waals surface area contributed by atoms with Crippen molar-refractivity contribution < 1.29 is 9.53 Å². The van der Waals surface area contributed by atoms with Crippen LogP contribution in [-0.2, 0) is 0 Å². The number of carbonyl (C=O) groups excluding carboxylic acids is 1. The Kier molecular flexibility index (Phi) is 4.74. The number of pyridine rings is 1. The van der Waals surface area contributed by atoms with Crippen LogP contribution < -0.4 is 4.74 Å². The topological polar surface area (TPSA) is 39.2 Å². The zero-order valence-electron chi connectivity index (χ0n) is 13.2. The number of rotatable bonds is 4. The smallest absolute Gasteiger partial charge is 0.253 e. The van der Waals surface area contributed by atoms with Crippen LogP contribution in [0.5, 0.6) is 5.75 Å². The number of fused-ring (bicyclic) bond motifs is 1. The van der Waals surface area contributed by atoms with E-state index >= 15 is 0 Å². The molecular formula is C19H15Cl2NO2. The highest BCUT2D eigenvalue weighted by Gasteiger charge is 2.14. The molecule has 3 rings (SSSR count). The Morgan fingerprint density at radius 3 is 2.46 bits per heavy atom. The van der Waals surface area contributed by atoms with Crippen molar-refractivity contribution in [1.29, 1.82) is 0 Å². The summed E-state index contributed by atoms with van der Waals surface area (Å²) >= 11 is 12.0. The Bertz CT molecular complexity index is 905. The number of ether oxygens (including phenoxy) is 1. The molecule has 3 nitrogen and oxygen atoms in total. The molecular weight excluding hydrogens is 345 g/mol. The molecule has 0 atom stereocenters. The number of hydrogen-bond donors (Lipinski definition) is 0. The molecule has 0 saturated carbocycles. The molecule has 2 aromatic carbocycles. The van der Waals surface area contributed by atoms with E-state index in [1.165, 1.54) is 0 Å². The van der Waals surface area contributed by atoms with Gasteiger partial charge in [-0.25, -0.2) is 4.98 Å². The van der Waals surface area contributed by atoms with Crippen molar-refractivity contribution in [3.05, 3.63) is 59.1 Å². The van der Waals surface area contributed by atoms with Gasteiger partial charge in [0.25, 0.3) is 5.24 Å². The lowest BCUT2D eigenvalue weighted by Gasteiger charge is -2.11. The van der Waals surface area contributed by atoms with E-state index in [1.54, 1.807) is 24.3 Å². The first-order valence-corrected chi connectivity index (χ1v) is 8.27. The molecule has 1 aromatic heterocycles. The summed E-state index contributed by atoms with van der Waals surface area (Å²) in [6.07, 6.45) is 0.105. The van der Waals surface area contributed by atoms with Crippen LogP contribution in [0.25, 0.3) is 22.2 Å². The predicted molar refractivity (Wildman–Crippen MR) is 98.1 cm³/mol. The van der Waals surface area contributed by atoms with Gasteiger partial charge in [0.15, 0.2) is 0 Å². The van der Waals surface area contributed by atoms with E-state index in [1.807, 2.05) is 38.1 Å². The van der Waals surface area contributed by atoms with Crippen LogP contribution in [0.2, 0.25) is 5.02 Å². The Morgan fingerprint density at radius 1 is 1.12 bits per heavy atom. The third-order valence-electron chi connectivity index (χ3n) is 3.52. The van der Waals surface area contributed by atoms with Crippen molar-refractivity contribution in [3.63, 3.8) is 0 Å². The molecule has 0 radical (unpaired) electrons. The van der Waals surface area contributed by atoms with Crippen molar-refractivity contribution in [2.45, 2.75) is 20.0 Å². The van der Waals surface area contributed by atoms with Gasteiger partial charge in [-0.1, -0.05) is 23.7 Å². The van der Waals surface area contributed by atoms with Crippen molar-refractivity contribution in [2.24, 2.45) is 0 Å². The van der Waals surface area contributed by atoms with Gasteiger partial charge in [0, 0.05) is 16.5 Å². The Morgan fingerprint density at radius 2 is 1.83 bits per heavy atom. The van der Waals surface area contributed by atoms with Gasteiger partial charge in [-0.3, -0.25) is 4.79 Å². The fourth-order valence-corrected chi connectivity index (χ4v) is 2.87. The summed E-state index contributed by atoms with van der Waals surface area (Å²) in [6, 6.07) is 14.5. The average molecular weight is 360 g/mol. The molecule has 3 aromatic rings. The molecule has 0 N–H and O–H groups in total. The van der Waals surface area contributed by atoms with E-state index in [0.717, 1.165) is 11.3 Å². The van der Waals surface area contributed by atoms with Crippen LogP contribution in [0.15, 0.2) is 48.5 Å². The number of halogens is 2. The zero-order valence-corrected chi connectivity index (χ0v) is 14.7. The van der Waals surface area contributed by atoms with Gasteiger partial charge in [-0.2, -0.15) is 0 Å². The standard InChI is InChI=1S/C19H15Cl2NO2/c1-11(2)24-13-8-6-12(7-9-13)17-10-15(19(21)23)14-4-3-5-16(20)18(14)22-17/h3-11H,1-2H3. The number of hydrogen-bond acceptors (Lipinski definition) is 3. The van der Waals surface area contributed by atoms with Crippen molar-refractivity contribution in [3.8, 4) is 17.0 Å². The van der Waals surface area contributed by atoms with Crippen molar-refractivity contribution in [2.75, 3.05) is 0 Å². The third-order valence-corrected chi connectivity index (χ3v) is 4.03. The van der Waals surface area contributed by atoms with Crippen LogP contribution in [-0.4, -0.2) is 16.3 Å². The Labute approximate surface area is 150 Å². The quantitative estimate of drug-likeness (QED) is 0.559. The summed E-state index contributed by atoms with van der Waals surface area (Å²) in [7, 11) is 0. The van der Waals surface area contributed by atoms with Gasteiger partial charge in [0.05, 0.1) is 22.3 Å². The van der Waals surface area contributed by atoms with E-state index < -0.39 is 5.24 Å². The first-order valence-electron chi connectivity index (χ1n) is 7.52. The maximum Gasteiger partial charge on any atom is 0.253 e. The van der Waals surface area contributed by atoms with Gasteiger partial charge in [0.1, 0.15) is 5.75 Å².